The van der Waals surface area contributed by atoms with E-state index in [4.69, 9.17) is 5.11 Å². The number of hydrogen-bond acceptors (Lipinski definition) is 3. The second-order valence-corrected chi connectivity index (χ2v) is 4.60. The van der Waals surface area contributed by atoms with E-state index in [0.29, 0.717) is 5.56 Å². The zero-order valence-electron chi connectivity index (χ0n) is 8.56. The lowest BCUT2D eigenvalue weighted by Gasteiger charge is -2.06. The molecule has 0 saturated heterocycles. The van der Waals surface area contributed by atoms with Gasteiger partial charge in [0.25, 0.3) is 0 Å². The van der Waals surface area contributed by atoms with E-state index < -0.39 is 11.2 Å². The lowest BCUT2D eigenvalue weighted by atomic mass is 10.2. The number of aliphatic carboxylic acids is 1. The highest BCUT2D eigenvalue weighted by molar-refractivity contribution is 8.00. The maximum absolute atomic E-state index is 11.1. The Hall–Kier alpha value is -1.29. The predicted octanol–water partition coefficient (Wildman–Crippen LogP) is 2.45. The molecule has 1 rings (SSSR count). The van der Waals surface area contributed by atoms with Crippen LogP contribution >= 0.6 is 11.8 Å². The van der Waals surface area contributed by atoms with Crippen molar-refractivity contribution >= 4 is 23.5 Å². The fourth-order valence-corrected chi connectivity index (χ4v) is 1.90. The maximum Gasteiger partial charge on any atom is 0.316 e. The zero-order valence-corrected chi connectivity index (χ0v) is 9.38. The second kappa shape index (κ2) is 4.98. The molecule has 0 aliphatic rings. The molecule has 0 saturated carbocycles. The summed E-state index contributed by atoms with van der Waals surface area (Å²) in [6.07, 6.45) is 0. The van der Waals surface area contributed by atoms with E-state index in [1.807, 2.05) is 0 Å². The third kappa shape index (κ3) is 3.40. The van der Waals surface area contributed by atoms with Crippen LogP contribution in [0.25, 0.3) is 0 Å². The van der Waals surface area contributed by atoms with Crippen molar-refractivity contribution in [3.63, 3.8) is 0 Å². The molecule has 0 aliphatic heterocycles. The van der Waals surface area contributed by atoms with Crippen LogP contribution in [0.3, 0.4) is 0 Å². The van der Waals surface area contributed by atoms with Gasteiger partial charge in [-0.2, -0.15) is 0 Å². The van der Waals surface area contributed by atoms with Crippen LogP contribution in [0.5, 0.6) is 0 Å². The molecule has 4 heteroatoms. The van der Waals surface area contributed by atoms with Gasteiger partial charge in [-0.25, -0.2) is 0 Å². The third-order valence-electron chi connectivity index (χ3n) is 1.90. The topological polar surface area (TPSA) is 54.4 Å². The quantitative estimate of drug-likeness (QED) is 0.630. The number of carbonyl (C=O) groups excluding carboxylic acids is 1. The number of Topliss-reactive ketones (excluding diaryl/α,β-unsaturated/α-hetero) is 1. The van der Waals surface area contributed by atoms with Crippen LogP contribution in [0.2, 0.25) is 0 Å². The van der Waals surface area contributed by atoms with E-state index >= 15 is 0 Å². The Morgan fingerprint density at radius 2 is 2.07 bits per heavy atom. The summed E-state index contributed by atoms with van der Waals surface area (Å²) < 4.78 is 0. The molecule has 1 N–H and O–H groups in total. The number of thioether (sulfide) groups is 1. The van der Waals surface area contributed by atoms with Gasteiger partial charge in [-0.1, -0.05) is 12.1 Å². The molecular formula is C11H12O3S. The number of rotatable bonds is 4. The molecule has 0 amide bonds. The molecule has 1 atom stereocenters. The monoisotopic (exact) mass is 224 g/mol. The number of carboxylic acid groups (broad SMARTS) is 1. The number of carboxylic acids is 1. The highest BCUT2D eigenvalue weighted by atomic mass is 32.2. The smallest absolute Gasteiger partial charge is 0.316 e. The minimum absolute atomic E-state index is 0.0135. The summed E-state index contributed by atoms with van der Waals surface area (Å²) in [5.74, 6) is -0.867. The van der Waals surface area contributed by atoms with Crippen molar-refractivity contribution in [1.29, 1.82) is 0 Å². The summed E-state index contributed by atoms with van der Waals surface area (Å²) in [7, 11) is 0. The summed E-state index contributed by atoms with van der Waals surface area (Å²) in [4.78, 5) is 22.5. The average molecular weight is 224 g/mol. The molecule has 0 aliphatic carbocycles. The highest BCUT2D eigenvalue weighted by Crippen LogP contribution is 2.24. The first-order chi connectivity index (χ1) is 7.00. The van der Waals surface area contributed by atoms with E-state index in [9.17, 15) is 9.59 Å². The first-order valence-electron chi connectivity index (χ1n) is 4.51. The Morgan fingerprint density at radius 3 is 2.60 bits per heavy atom. The fraction of sp³-hybridized carbons (Fsp3) is 0.273. The molecule has 1 aromatic carbocycles. The number of ketones is 1. The van der Waals surface area contributed by atoms with Crippen molar-refractivity contribution in [2.45, 2.75) is 24.0 Å². The van der Waals surface area contributed by atoms with Crippen LogP contribution in [0.1, 0.15) is 24.2 Å². The summed E-state index contributed by atoms with van der Waals surface area (Å²) >= 11 is 1.23. The van der Waals surface area contributed by atoms with Gasteiger partial charge in [0, 0.05) is 10.5 Å². The largest absolute Gasteiger partial charge is 0.480 e. The predicted molar refractivity (Wildman–Crippen MR) is 59.4 cm³/mol. The van der Waals surface area contributed by atoms with Gasteiger partial charge in [-0.15, -0.1) is 11.8 Å². The maximum atomic E-state index is 11.1. The SMILES string of the molecule is CC(=O)c1cccc(SC(C)C(=O)O)c1. The summed E-state index contributed by atoms with van der Waals surface area (Å²) in [5.41, 5.74) is 0.609. The van der Waals surface area contributed by atoms with Gasteiger partial charge < -0.3 is 5.11 Å². The molecule has 1 aromatic rings. The minimum Gasteiger partial charge on any atom is -0.480 e. The molecule has 0 bridgehead atoms. The van der Waals surface area contributed by atoms with E-state index in [0.717, 1.165) is 4.90 Å². The lowest BCUT2D eigenvalue weighted by Crippen LogP contribution is -2.11. The van der Waals surface area contributed by atoms with Crippen molar-refractivity contribution in [3.05, 3.63) is 29.8 Å². The van der Waals surface area contributed by atoms with Crippen LogP contribution in [-0.4, -0.2) is 22.1 Å². The molecule has 0 fully saturated rings. The summed E-state index contributed by atoms with van der Waals surface area (Å²) in [6, 6.07) is 6.99. The Labute approximate surface area is 92.5 Å². The molecule has 0 spiro atoms. The second-order valence-electron chi connectivity index (χ2n) is 3.18. The van der Waals surface area contributed by atoms with Gasteiger partial charge in [0.05, 0.1) is 0 Å². The number of carbonyl (C=O) groups is 2. The van der Waals surface area contributed by atoms with Gasteiger partial charge in [0.15, 0.2) is 5.78 Å². The van der Waals surface area contributed by atoms with Crippen LogP contribution in [0.4, 0.5) is 0 Å². The van der Waals surface area contributed by atoms with Crippen molar-refractivity contribution in [2.24, 2.45) is 0 Å². The molecule has 15 heavy (non-hydrogen) atoms. The standard InChI is InChI=1S/C11H12O3S/c1-7(12)9-4-3-5-10(6-9)15-8(2)11(13)14/h3-6,8H,1-2H3,(H,13,14). The number of hydrogen-bond donors (Lipinski definition) is 1. The van der Waals surface area contributed by atoms with Crippen LogP contribution in [-0.2, 0) is 4.79 Å². The zero-order chi connectivity index (χ0) is 11.4. The lowest BCUT2D eigenvalue weighted by molar-refractivity contribution is -0.136. The molecular weight excluding hydrogens is 212 g/mol. The van der Waals surface area contributed by atoms with Gasteiger partial charge in [0.1, 0.15) is 5.25 Å². The van der Waals surface area contributed by atoms with E-state index in [1.165, 1.54) is 18.7 Å². The van der Waals surface area contributed by atoms with Crippen LogP contribution in [0.15, 0.2) is 29.2 Å². The van der Waals surface area contributed by atoms with Crippen LogP contribution in [0, 0.1) is 0 Å². The Kier molecular flexibility index (Phi) is 3.91. The molecule has 80 valence electrons. The van der Waals surface area contributed by atoms with Crippen molar-refractivity contribution < 1.29 is 14.7 Å². The van der Waals surface area contributed by atoms with Crippen molar-refractivity contribution in [1.82, 2.24) is 0 Å². The molecule has 3 nitrogen and oxygen atoms in total. The first-order valence-corrected chi connectivity index (χ1v) is 5.39. The summed E-state index contributed by atoms with van der Waals surface area (Å²) in [6.45, 7) is 3.11. The van der Waals surface area contributed by atoms with Crippen molar-refractivity contribution in [2.75, 3.05) is 0 Å². The van der Waals surface area contributed by atoms with Gasteiger partial charge in [-0.3, -0.25) is 9.59 Å². The van der Waals surface area contributed by atoms with Crippen LogP contribution < -0.4 is 0 Å². The van der Waals surface area contributed by atoms with E-state index in [1.54, 1.807) is 31.2 Å². The average Bonchev–Trinajstić information content (AvgIpc) is 2.18. The fourth-order valence-electron chi connectivity index (χ4n) is 1.04. The summed E-state index contributed by atoms with van der Waals surface area (Å²) in [5, 5.41) is 8.23. The highest BCUT2D eigenvalue weighted by Gasteiger charge is 2.12. The van der Waals surface area contributed by atoms with Crippen molar-refractivity contribution in [3.8, 4) is 0 Å². The first kappa shape index (κ1) is 11.8. The Balaban J connectivity index is 2.82. The molecule has 0 heterocycles. The van der Waals surface area contributed by atoms with Gasteiger partial charge >= 0.3 is 5.97 Å². The van der Waals surface area contributed by atoms with Gasteiger partial charge in [-0.05, 0) is 26.0 Å². The third-order valence-corrected chi connectivity index (χ3v) is 2.98. The van der Waals surface area contributed by atoms with E-state index in [2.05, 4.69) is 0 Å². The molecule has 0 aromatic heterocycles. The van der Waals surface area contributed by atoms with E-state index in [-0.39, 0.29) is 5.78 Å². The molecule has 0 radical (unpaired) electrons. The Morgan fingerprint density at radius 1 is 1.40 bits per heavy atom. The Bertz CT molecular complexity index is 387. The van der Waals surface area contributed by atoms with Gasteiger partial charge in [0.2, 0.25) is 0 Å². The minimum atomic E-state index is -0.853. The molecule has 1 unspecified atom stereocenters. The normalized spacial score (nSPS) is 12.1. The number of benzene rings is 1.